The maximum atomic E-state index is 12.7. The van der Waals surface area contributed by atoms with Crippen molar-refractivity contribution in [1.82, 2.24) is 14.7 Å². The molecule has 1 N–H and O–H groups in total. The first-order chi connectivity index (χ1) is 12.9. The summed E-state index contributed by atoms with van der Waals surface area (Å²) in [5.41, 5.74) is 0.670. The highest BCUT2D eigenvalue weighted by atomic mass is 16.5. The molecule has 0 spiro atoms. The maximum absolute atomic E-state index is 12.7. The van der Waals surface area contributed by atoms with Crippen molar-refractivity contribution in [3.05, 3.63) is 24.3 Å². The van der Waals surface area contributed by atoms with Gasteiger partial charge in [0.05, 0.1) is 13.0 Å². The second-order valence-electron chi connectivity index (χ2n) is 7.25. The normalized spacial score (nSPS) is 21.7. The minimum atomic E-state index is -0.250. The van der Waals surface area contributed by atoms with Crippen LogP contribution < -0.4 is 10.1 Å². The number of hydrogen-bond donors (Lipinski definition) is 1. The fraction of sp³-hybridized carbons (Fsp3) is 0.526. The van der Waals surface area contributed by atoms with Crippen molar-refractivity contribution in [2.75, 3.05) is 46.2 Å². The van der Waals surface area contributed by atoms with E-state index in [1.54, 1.807) is 55.3 Å². The predicted molar refractivity (Wildman–Crippen MR) is 101 cm³/mol. The lowest BCUT2D eigenvalue weighted by atomic mass is 9.94. The monoisotopic (exact) mass is 374 g/mol. The number of urea groups is 1. The summed E-state index contributed by atoms with van der Waals surface area (Å²) in [6.07, 6.45) is 1.56. The zero-order valence-corrected chi connectivity index (χ0v) is 16.0. The first-order valence-corrected chi connectivity index (χ1v) is 9.09. The van der Waals surface area contributed by atoms with Gasteiger partial charge < -0.3 is 24.8 Å². The number of nitrogens with one attached hydrogen (secondary N) is 1. The number of fused-ring (bicyclic) bond motifs is 4. The third-order valence-corrected chi connectivity index (χ3v) is 5.23. The van der Waals surface area contributed by atoms with E-state index in [-0.39, 0.29) is 36.3 Å². The molecular weight excluding hydrogens is 348 g/mol. The van der Waals surface area contributed by atoms with Gasteiger partial charge in [-0.2, -0.15) is 0 Å². The molecule has 0 aromatic heterocycles. The molecule has 2 unspecified atom stereocenters. The number of nitrogens with zero attached hydrogens (tertiary/aromatic N) is 3. The number of likely N-dealkylation sites (N-methyl/N-ethyl adjacent to an activating group) is 1. The lowest BCUT2D eigenvalue weighted by molar-refractivity contribution is -0.145. The number of hydrogen-bond acceptors (Lipinski definition) is 4. The Bertz CT molecular complexity index is 719. The standard InChI is InChI=1S/C19H26N4O4/c1-21(2)17(24)12-23-15-7-4-13(18(23)25)10-22(11-15)19(26)20-14-5-8-16(27-3)9-6-14/h5-6,8-9,13,15H,4,7,10-12H2,1-3H3,(H,20,26). The van der Waals surface area contributed by atoms with Crippen LogP contribution in [0.25, 0.3) is 0 Å². The van der Waals surface area contributed by atoms with Crippen LogP contribution in [0.3, 0.4) is 0 Å². The van der Waals surface area contributed by atoms with E-state index >= 15 is 0 Å². The molecule has 4 rings (SSSR count). The second kappa shape index (κ2) is 7.85. The van der Waals surface area contributed by atoms with E-state index in [4.69, 9.17) is 4.74 Å². The summed E-state index contributed by atoms with van der Waals surface area (Å²) < 4.78 is 5.12. The Morgan fingerprint density at radius 1 is 1.19 bits per heavy atom. The summed E-state index contributed by atoms with van der Waals surface area (Å²) >= 11 is 0. The second-order valence-corrected chi connectivity index (χ2v) is 7.25. The third-order valence-electron chi connectivity index (χ3n) is 5.23. The van der Waals surface area contributed by atoms with Crippen molar-refractivity contribution in [2.45, 2.75) is 18.9 Å². The molecule has 0 aliphatic carbocycles. The van der Waals surface area contributed by atoms with Gasteiger partial charge in [-0.3, -0.25) is 9.59 Å². The van der Waals surface area contributed by atoms with Crippen LogP contribution in [0.2, 0.25) is 0 Å². The number of ether oxygens (including phenoxy) is 1. The van der Waals surface area contributed by atoms with Crippen molar-refractivity contribution in [1.29, 1.82) is 0 Å². The highest BCUT2D eigenvalue weighted by Crippen LogP contribution is 2.29. The van der Waals surface area contributed by atoms with Crippen LogP contribution in [0.5, 0.6) is 5.75 Å². The van der Waals surface area contributed by atoms with Gasteiger partial charge in [-0.25, -0.2) is 4.79 Å². The van der Waals surface area contributed by atoms with Crippen LogP contribution in [0.15, 0.2) is 24.3 Å². The summed E-state index contributed by atoms with van der Waals surface area (Å²) in [4.78, 5) is 42.4. The highest BCUT2D eigenvalue weighted by Gasteiger charge is 2.42. The Labute approximate surface area is 159 Å². The number of methoxy groups -OCH3 is 1. The molecule has 3 saturated heterocycles. The molecule has 2 atom stereocenters. The van der Waals surface area contributed by atoms with Crippen LogP contribution in [-0.4, -0.2) is 79.4 Å². The van der Waals surface area contributed by atoms with E-state index in [0.717, 1.165) is 12.8 Å². The Morgan fingerprint density at radius 3 is 2.52 bits per heavy atom. The molecule has 1 aromatic rings. The molecule has 3 fully saturated rings. The van der Waals surface area contributed by atoms with Gasteiger partial charge in [0, 0.05) is 38.9 Å². The van der Waals surface area contributed by atoms with Crippen LogP contribution in [0, 0.1) is 5.92 Å². The van der Waals surface area contributed by atoms with Gasteiger partial charge in [0.1, 0.15) is 12.3 Å². The SMILES string of the molecule is COc1ccc(NC(=O)N2CC3CCC(C2)N(CC(=O)N(C)C)C3=O)cc1. The minimum Gasteiger partial charge on any atom is -0.497 e. The Morgan fingerprint density at radius 2 is 1.89 bits per heavy atom. The van der Waals surface area contributed by atoms with Gasteiger partial charge in [0.15, 0.2) is 0 Å². The Balaban J connectivity index is 1.68. The van der Waals surface area contributed by atoms with E-state index in [1.165, 1.54) is 4.90 Å². The number of anilines is 1. The fourth-order valence-electron chi connectivity index (χ4n) is 3.58. The summed E-state index contributed by atoms with van der Waals surface area (Å²) in [6, 6.07) is 6.75. The molecule has 146 valence electrons. The van der Waals surface area contributed by atoms with E-state index < -0.39 is 0 Å². The summed E-state index contributed by atoms with van der Waals surface area (Å²) in [5.74, 6) is 0.333. The average Bonchev–Trinajstić information content (AvgIpc) is 2.95. The quantitative estimate of drug-likeness (QED) is 0.860. The topological polar surface area (TPSA) is 82.2 Å². The zero-order valence-electron chi connectivity index (χ0n) is 16.0. The summed E-state index contributed by atoms with van der Waals surface area (Å²) in [6.45, 7) is 0.885. The van der Waals surface area contributed by atoms with Crippen LogP contribution in [0.1, 0.15) is 12.8 Å². The lowest BCUT2D eigenvalue weighted by Gasteiger charge is -2.35. The summed E-state index contributed by atoms with van der Waals surface area (Å²) in [5, 5.41) is 2.87. The molecule has 3 heterocycles. The van der Waals surface area contributed by atoms with Crippen molar-refractivity contribution in [3.8, 4) is 5.75 Å². The molecule has 0 radical (unpaired) electrons. The zero-order chi connectivity index (χ0) is 19.6. The van der Waals surface area contributed by atoms with Gasteiger partial charge >= 0.3 is 6.03 Å². The molecule has 8 nitrogen and oxygen atoms in total. The fourth-order valence-corrected chi connectivity index (χ4v) is 3.58. The van der Waals surface area contributed by atoms with Crippen molar-refractivity contribution < 1.29 is 19.1 Å². The van der Waals surface area contributed by atoms with Crippen LogP contribution in [-0.2, 0) is 9.59 Å². The highest BCUT2D eigenvalue weighted by molar-refractivity contribution is 5.91. The number of rotatable bonds is 4. The van der Waals surface area contributed by atoms with Crippen molar-refractivity contribution in [3.63, 3.8) is 0 Å². The number of carbonyl (C=O) groups is 3. The number of benzene rings is 1. The molecule has 4 amide bonds. The molecule has 3 aliphatic heterocycles. The Hall–Kier alpha value is -2.77. The predicted octanol–water partition coefficient (Wildman–Crippen LogP) is 1.24. The largest absolute Gasteiger partial charge is 0.497 e. The van der Waals surface area contributed by atoms with E-state index in [0.29, 0.717) is 24.5 Å². The van der Waals surface area contributed by atoms with Crippen molar-refractivity contribution in [2.24, 2.45) is 5.92 Å². The van der Waals surface area contributed by atoms with Crippen LogP contribution >= 0.6 is 0 Å². The van der Waals surface area contributed by atoms with Gasteiger partial charge in [0.2, 0.25) is 11.8 Å². The van der Waals surface area contributed by atoms with Crippen LogP contribution in [0.4, 0.5) is 10.5 Å². The smallest absolute Gasteiger partial charge is 0.321 e. The van der Waals surface area contributed by atoms with E-state index in [9.17, 15) is 14.4 Å². The van der Waals surface area contributed by atoms with Gasteiger partial charge in [0.25, 0.3) is 0 Å². The average molecular weight is 374 g/mol. The van der Waals surface area contributed by atoms with Gasteiger partial charge in [-0.05, 0) is 37.1 Å². The molecule has 27 heavy (non-hydrogen) atoms. The number of piperidine rings is 1. The molecule has 8 heteroatoms. The Kier molecular flexibility index (Phi) is 5.53. The number of amides is 4. The molecule has 2 bridgehead atoms. The molecular formula is C19H26N4O4. The maximum Gasteiger partial charge on any atom is 0.321 e. The first kappa shape index (κ1) is 19.0. The van der Waals surface area contributed by atoms with E-state index in [1.807, 2.05) is 0 Å². The van der Waals surface area contributed by atoms with Crippen molar-refractivity contribution >= 4 is 23.5 Å². The third kappa shape index (κ3) is 4.15. The van der Waals surface area contributed by atoms with E-state index in [2.05, 4.69) is 5.32 Å². The molecule has 1 aromatic carbocycles. The van der Waals surface area contributed by atoms with Gasteiger partial charge in [-0.1, -0.05) is 0 Å². The lowest BCUT2D eigenvalue weighted by Crippen LogP contribution is -2.51. The molecule has 3 aliphatic rings. The van der Waals surface area contributed by atoms with Gasteiger partial charge in [-0.15, -0.1) is 0 Å². The minimum absolute atomic E-state index is 0.0267. The summed E-state index contributed by atoms with van der Waals surface area (Å²) in [7, 11) is 4.94. The molecule has 0 saturated carbocycles. The number of carbonyl (C=O) groups excluding carboxylic acids is 3. The first-order valence-electron chi connectivity index (χ1n) is 9.09.